The number of ether oxygens (including phenoxy) is 1. The fourth-order valence-corrected chi connectivity index (χ4v) is 2.83. The number of benzene rings is 1. The summed E-state index contributed by atoms with van der Waals surface area (Å²) < 4.78 is 5.06. The summed E-state index contributed by atoms with van der Waals surface area (Å²) in [7, 11) is 5.89. The van der Waals surface area contributed by atoms with E-state index in [1.165, 1.54) is 19.5 Å². The fourth-order valence-electron chi connectivity index (χ4n) is 2.83. The van der Waals surface area contributed by atoms with E-state index in [2.05, 4.69) is 23.9 Å². The van der Waals surface area contributed by atoms with E-state index in [1.54, 1.807) is 13.2 Å². The SMILES string of the molecule is COc1ccc(CN(C)CC2CCN(C)C2)cc1O. The molecule has 0 spiro atoms. The van der Waals surface area contributed by atoms with E-state index in [9.17, 15) is 5.11 Å². The third-order valence-electron chi connectivity index (χ3n) is 3.75. The quantitative estimate of drug-likeness (QED) is 0.879. The van der Waals surface area contributed by atoms with E-state index in [1.807, 2.05) is 12.1 Å². The van der Waals surface area contributed by atoms with Gasteiger partial charge in [0.05, 0.1) is 7.11 Å². The molecule has 0 radical (unpaired) electrons. The van der Waals surface area contributed by atoms with Gasteiger partial charge >= 0.3 is 0 Å². The number of hydrogen-bond acceptors (Lipinski definition) is 4. The number of likely N-dealkylation sites (tertiary alicyclic amines) is 1. The molecule has 1 saturated heterocycles. The van der Waals surface area contributed by atoms with Crippen LogP contribution in [0.25, 0.3) is 0 Å². The number of hydrogen-bond donors (Lipinski definition) is 1. The molecule has 1 aromatic carbocycles. The molecule has 19 heavy (non-hydrogen) atoms. The van der Waals surface area contributed by atoms with E-state index in [-0.39, 0.29) is 5.75 Å². The second-order valence-electron chi connectivity index (χ2n) is 5.62. The molecule has 2 rings (SSSR count). The second-order valence-corrected chi connectivity index (χ2v) is 5.62. The number of phenols is 1. The van der Waals surface area contributed by atoms with Crippen LogP contribution in [-0.2, 0) is 6.54 Å². The number of rotatable bonds is 5. The van der Waals surface area contributed by atoms with Gasteiger partial charge in [0.1, 0.15) is 0 Å². The number of nitrogens with zero attached hydrogens (tertiary/aromatic N) is 2. The molecule has 0 amide bonds. The van der Waals surface area contributed by atoms with Crippen LogP contribution in [0.4, 0.5) is 0 Å². The van der Waals surface area contributed by atoms with Crippen LogP contribution in [0.1, 0.15) is 12.0 Å². The van der Waals surface area contributed by atoms with Crippen molar-refractivity contribution in [3.8, 4) is 11.5 Å². The van der Waals surface area contributed by atoms with Gasteiger partial charge in [0.2, 0.25) is 0 Å². The lowest BCUT2D eigenvalue weighted by atomic mass is 10.1. The zero-order valence-electron chi connectivity index (χ0n) is 12.1. The standard InChI is InChI=1S/C15H24N2O2/c1-16-7-6-13(10-16)11-17(2)9-12-4-5-15(19-3)14(18)8-12/h4-5,8,13,18H,6-7,9-11H2,1-3H3. The number of methoxy groups -OCH3 is 1. The average molecular weight is 264 g/mol. The lowest BCUT2D eigenvalue weighted by Crippen LogP contribution is -2.27. The molecule has 0 saturated carbocycles. The maximum Gasteiger partial charge on any atom is 0.160 e. The van der Waals surface area contributed by atoms with Gasteiger partial charge in [-0.1, -0.05) is 6.07 Å². The molecule has 4 heteroatoms. The Hall–Kier alpha value is -1.26. The van der Waals surface area contributed by atoms with Crippen molar-refractivity contribution in [3.05, 3.63) is 23.8 Å². The summed E-state index contributed by atoms with van der Waals surface area (Å²) in [5.74, 6) is 1.51. The molecule has 1 aliphatic heterocycles. The number of phenolic OH excluding ortho intramolecular Hbond substituents is 1. The molecule has 1 unspecified atom stereocenters. The summed E-state index contributed by atoms with van der Waals surface area (Å²) in [4.78, 5) is 4.71. The summed E-state index contributed by atoms with van der Waals surface area (Å²) in [5, 5.41) is 9.77. The van der Waals surface area contributed by atoms with Gasteiger partial charge in [0.15, 0.2) is 11.5 Å². The molecule has 0 bridgehead atoms. The maximum absolute atomic E-state index is 9.77. The molecular weight excluding hydrogens is 240 g/mol. The van der Waals surface area contributed by atoms with Crippen molar-refractivity contribution >= 4 is 0 Å². The van der Waals surface area contributed by atoms with Crippen LogP contribution in [0, 0.1) is 5.92 Å². The Bertz CT molecular complexity index is 423. The van der Waals surface area contributed by atoms with Crippen LogP contribution in [0.2, 0.25) is 0 Å². The molecule has 0 aliphatic carbocycles. The molecule has 1 aromatic rings. The highest BCUT2D eigenvalue weighted by atomic mass is 16.5. The predicted molar refractivity (Wildman–Crippen MR) is 76.6 cm³/mol. The molecule has 1 atom stereocenters. The Balaban J connectivity index is 1.88. The molecule has 1 N–H and O–H groups in total. The third-order valence-corrected chi connectivity index (χ3v) is 3.75. The van der Waals surface area contributed by atoms with Crippen LogP contribution < -0.4 is 4.74 Å². The van der Waals surface area contributed by atoms with Gasteiger partial charge in [0.25, 0.3) is 0 Å². The zero-order valence-corrected chi connectivity index (χ0v) is 12.1. The van der Waals surface area contributed by atoms with Gasteiger partial charge in [-0.25, -0.2) is 0 Å². The first-order valence-corrected chi connectivity index (χ1v) is 6.81. The van der Waals surface area contributed by atoms with Crippen LogP contribution >= 0.6 is 0 Å². The van der Waals surface area contributed by atoms with Crippen molar-refractivity contribution in [2.45, 2.75) is 13.0 Å². The van der Waals surface area contributed by atoms with Gasteiger partial charge < -0.3 is 19.6 Å². The van der Waals surface area contributed by atoms with E-state index < -0.39 is 0 Å². The Morgan fingerprint density at radius 2 is 2.26 bits per heavy atom. The largest absolute Gasteiger partial charge is 0.504 e. The summed E-state index contributed by atoms with van der Waals surface area (Å²) in [6.07, 6.45) is 1.29. The molecule has 1 aliphatic rings. The van der Waals surface area contributed by atoms with Crippen LogP contribution in [0.15, 0.2) is 18.2 Å². The van der Waals surface area contributed by atoms with Crippen LogP contribution in [0.3, 0.4) is 0 Å². The third kappa shape index (κ3) is 3.85. The van der Waals surface area contributed by atoms with E-state index in [0.717, 1.165) is 24.6 Å². The van der Waals surface area contributed by atoms with Gasteiger partial charge in [-0.2, -0.15) is 0 Å². The zero-order chi connectivity index (χ0) is 13.8. The highest BCUT2D eigenvalue weighted by Crippen LogP contribution is 2.26. The topological polar surface area (TPSA) is 35.9 Å². The van der Waals surface area contributed by atoms with Gasteiger partial charge in [-0.3, -0.25) is 0 Å². The minimum Gasteiger partial charge on any atom is -0.504 e. The van der Waals surface area contributed by atoms with Crippen molar-refractivity contribution in [1.82, 2.24) is 9.80 Å². The number of aromatic hydroxyl groups is 1. The normalized spacial score (nSPS) is 20.1. The van der Waals surface area contributed by atoms with Gasteiger partial charge in [-0.15, -0.1) is 0 Å². The second kappa shape index (κ2) is 6.26. The lowest BCUT2D eigenvalue weighted by Gasteiger charge is -2.21. The van der Waals surface area contributed by atoms with Crippen molar-refractivity contribution in [2.24, 2.45) is 5.92 Å². The summed E-state index contributed by atoms with van der Waals surface area (Å²) in [5.41, 5.74) is 1.12. The van der Waals surface area contributed by atoms with Crippen molar-refractivity contribution in [2.75, 3.05) is 40.8 Å². The Labute approximate surface area is 115 Å². The van der Waals surface area contributed by atoms with E-state index in [4.69, 9.17) is 4.74 Å². The van der Waals surface area contributed by atoms with Gasteiger partial charge in [0, 0.05) is 19.6 Å². The molecule has 0 aromatic heterocycles. The van der Waals surface area contributed by atoms with E-state index in [0.29, 0.717) is 5.75 Å². The van der Waals surface area contributed by atoms with Crippen LogP contribution in [0.5, 0.6) is 11.5 Å². The fraction of sp³-hybridized carbons (Fsp3) is 0.600. The molecule has 106 valence electrons. The minimum absolute atomic E-state index is 0.217. The van der Waals surface area contributed by atoms with Crippen molar-refractivity contribution in [1.29, 1.82) is 0 Å². The Kier molecular flexibility index (Phi) is 4.66. The Morgan fingerprint density at radius 3 is 2.84 bits per heavy atom. The smallest absolute Gasteiger partial charge is 0.160 e. The van der Waals surface area contributed by atoms with Crippen molar-refractivity contribution in [3.63, 3.8) is 0 Å². The van der Waals surface area contributed by atoms with Crippen molar-refractivity contribution < 1.29 is 9.84 Å². The molecular formula is C15H24N2O2. The predicted octanol–water partition coefficient (Wildman–Crippen LogP) is 1.78. The lowest BCUT2D eigenvalue weighted by molar-refractivity contribution is 0.266. The monoisotopic (exact) mass is 264 g/mol. The summed E-state index contributed by atoms with van der Waals surface area (Å²) in [6, 6.07) is 5.62. The highest BCUT2D eigenvalue weighted by molar-refractivity contribution is 5.41. The minimum atomic E-state index is 0.217. The van der Waals surface area contributed by atoms with E-state index >= 15 is 0 Å². The van der Waals surface area contributed by atoms with Gasteiger partial charge in [-0.05, 0) is 50.7 Å². The highest BCUT2D eigenvalue weighted by Gasteiger charge is 2.20. The molecule has 4 nitrogen and oxygen atoms in total. The summed E-state index contributed by atoms with van der Waals surface area (Å²) >= 11 is 0. The first kappa shape index (κ1) is 14.2. The Morgan fingerprint density at radius 1 is 1.47 bits per heavy atom. The molecule has 1 fully saturated rings. The first-order valence-electron chi connectivity index (χ1n) is 6.81. The summed E-state index contributed by atoms with van der Waals surface area (Å²) in [6.45, 7) is 4.37. The van der Waals surface area contributed by atoms with Crippen LogP contribution in [-0.4, -0.2) is 55.7 Å². The average Bonchev–Trinajstić information content (AvgIpc) is 2.74. The maximum atomic E-state index is 9.77. The molecule has 1 heterocycles. The first-order chi connectivity index (χ1) is 9.08.